The molecule has 154 valence electrons. The van der Waals surface area contributed by atoms with Crippen LogP contribution in [-0.2, 0) is 6.54 Å². The first kappa shape index (κ1) is 20.4. The molecule has 1 aliphatic rings. The molecule has 30 heavy (non-hydrogen) atoms. The van der Waals surface area contributed by atoms with E-state index in [0.29, 0.717) is 12.1 Å². The molecule has 2 aromatic carbocycles. The first-order chi connectivity index (χ1) is 14.7. The third-order valence-corrected chi connectivity index (χ3v) is 6.28. The molecule has 0 bridgehead atoms. The van der Waals surface area contributed by atoms with Crippen LogP contribution in [0.1, 0.15) is 15.9 Å². The van der Waals surface area contributed by atoms with E-state index in [1.54, 1.807) is 11.8 Å². The molecule has 6 heteroatoms. The van der Waals surface area contributed by atoms with Gasteiger partial charge in [-0.2, -0.15) is 0 Å². The maximum atomic E-state index is 12.9. The normalized spacial score (nSPS) is 14.5. The number of nitrogens with zero attached hydrogens (tertiary/aromatic N) is 3. The van der Waals surface area contributed by atoms with Gasteiger partial charge in [-0.1, -0.05) is 42.1 Å². The average molecular weight is 419 g/mol. The van der Waals surface area contributed by atoms with E-state index in [4.69, 9.17) is 0 Å². The number of nitrogens with one attached hydrogen (secondary N) is 1. The van der Waals surface area contributed by atoms with E-state index >= 15 is 0 Å². The van der Waals surface area contributed by atoms with Gasteiger partial charge < -0.3 is 15.1 Å². The van der Waals surface area contributed by atoms with E-state index in [-0.39, 0.29) is 5.91 Å². The molecular weight excluding hydrogens is 392 g/mol. The van der Waals surface area contributed by atoms with Crippen molar-refractivity contribution < 1.29 is 4.79 Å². The smallest absolute Gasteiger partial charge is 0.252 e. The van der Waals surface area contributed by atoms with Crippen molar-refractivity contribution in [2.24, 2.45) is 0 Å². The highest BCUT2D eigenvalue weighted by atomic mass is 32.2. The van der Waals surface area contributed by atoms with Crippen LogP contribution in [0.5, 0.6) is 0 Å². The highest BCUT2D eigenvalue weighted by Gasteiger charge is 2.16. The van der Waals surface area contributed by atoms with Gasteiger partial charge in [-0.05, 0) is 49.0 Å². The van der Waals surface area contributed by atoms with E-state index in [1.165, 1.54) is 0 Å². The average Bonchev–Trinajstić information content (AvgIpc) is 2.79. The third kappa shape index (κ3) is 5.20. The minimum Gasteiger partial charge on any atom is -0.354 e. The summed E-state index contributed by atoms with van der Waals surface area (Å²) in [6.45, 7) is 4.51. The fourth-order valence-electron chi connectivity index (χ4n) is 3.42. The third-order valence-electron chi connectivity index (χ3n) is 5.19. The van der Waals surface area contributed by atoms with Crippen LogP contribution in [0.3, 0.4) is 0 Å². The van der Waals surface area contributed by atoms with Crippen molar-refractivity contribution >= 4 is 23.5 Å². The number of aromatic nitrogens is 1. The number of amides is 1. The standard InChI is InChI=1S/C24H26N4OS/c1-27-13-15-28(16-14-27)23-17-19(11-12-25-23)18-26-24(29)21-9-5-6-10-22(21)30-20-7-3-2-4-8-20/h2-12,17H,13-16,18H2,1H3,(H,26,29). The van der Waals surface area contributed by atoms with Crippen LogP contribution in [0.15, 0.2) is 82.7 Å². The zero-order valence-electron chi connectivity index (χ0n) is 17.1. The predicted molar refractivity (Wildman–Crippen MR) is 122 cm³/mol. The summed E-state index contributed by atoms with van der Waals surface area (Å²) in [6, 6.07) is 21.9. The lowest BCUT2D eigenvalue weighted by Gasteiger charge is -2.33. The van der Waals surface area contributed by atoms with Crippen LogP contribution in [0.2, 0.25) is 0 Å². The van der Waals surface area contributed by atoms with Crippen LogP contribution >= 0.6 is 11.8 Å². The maximum Gasteiger partial charge on any atom is 0.252 e. The molecule has 5 nitrogen and oxygen atoms in total. The number of carbonyl (C=O) groups excluding carboxylic acids is 1. The highest BCUT2D eigenvalue weighted by molar-refractivity contribution is 7.99. The molecule has 0 radical (unpaired) electrons. The van der Waals surface area contributed by atoms with E-state index in [9.17, 15) is 4.79 Å². The van der Waals surface area contributed by atoms with Gasteiger partial charge in [0.1, 0.15) is 5.82 Å². The topological polar surface area (TPSA) is 48.5 Å². The Morgan fingerprint density at radius 2 is 1.73 bits per heavy atom. The Hall–Kier alpha value is -2.83. The number of pyridine rings is 1. The molecule has 0 unspecified atom stereocenters. The number of anilines is 1. The second-order valence-corrected chi connectivity index (χ2v) is 8.52. The second kappa shape index (κ2) is 9.78. The van der Waals surface area contributed by atoms with Crippen LogP contribution in [0.4, 0.5) is 5.82 Å². The maximum absolute atomic E-state index is 12.9. The molecule has 4 rings (SSSR count). The Balaban J connectivity index is 1.41. The van der Waals surface area contributed by atoms with Crippen molar-refractivity contribution in [2.75, 3.05) is 38.1 Å². The summed E-state index contributed by atoms with van der Waals surface area (Å²) in [5, 5.41) is 3.07. The van der Waals surface area contributed by atoms with Crippen molar-refractivity contribution in [3.05, 3.63) is 84.1 Å². The van der Waals surface area contributed by atoms with Crippen molar-refractivity contribution in [3.8, 4) is 0 Å². The number of piperazine rings is 1. The van der Waals surface area contributed by atoms with E-state index in [1.807, 2.05) is 54.7 Å². The SMILES string of the molecule is CN1CCN(c2cc(CNC(=O)c3ccccc3Sc3ccccc3)ccn2)CC1. The molecule has 0 spiro atoms. The molecule has 1 N–H and O–H groups in total. The molecule has 1 aromatic heterocycles. The number of carbonyl (C=O) groups is 1. The number of benzene rings is 2. The molecule has 2 heterocycles. The summed E-state index contributed by atoms with van der Waals surface area (Å²) >= 11 is 1.60. The van der Waals surface area contributed by atoms with E-state index in [2.05, 4.69) is 45.3 Å². The van der Waals surface area contributed by atoms with Gasteiger partial charge in [0.15, 0.2) is 0 Å². The molecule has 1 saturated heterocycles. The zero-order chi connectivity index (χ0) is 20.8. The summed E-state index contributed by atoms with van der Waals surface area (Å²) in [5.41, 5.74) is 1.75. The van der Waals surface area contributed by atoms with Crippen molar-refractivity contribution in [2.45, 2.75) is 16.3 Å². The summed E-state index contributed by atoms with van der Waals surface area (Å²) < 4.78 is 0. The van der Waals surface area contributed by atoms with Gasteiger partial charge >= 0.3 is 0 Å². The van der Waals surface area contributed by atoms with Gasteiger partial charge in [0, 0.05) is 48.7 Å². The van der Waals surface area contributed by atoms with Gasteiger partial charge in [-0.15, -0.1) is 0 Å². The largest absolute Gasteiger partial charge is 0.354 e. The molecule has 1 amide bonds. The van der Waals surface area contributed by atoms with Gasteiger partial charge in [0.05, 0.1) is 5.56 Å². The van der Waals surface area contributed by atoms with Crippen molar-refractivity contribution in [1.82, 2.24) is 15.2 Å². The number of hydrogen-bond donors (Lipinski definition) is 1. The first-order valence-electron chi connectivity index (χ1n) is 10.2. The number of hydrogen-bond acceptors (Lipinski definition) is 5. The summed E-state index contributed by atoms with van der Waals surface area (Å²) in [4.78, 5) is 24.1. The minimum atomic E-state index is -0.0630. The Kier molecular flexibility index (Phi) is 6.67. The van der Waals surface area contributed by atoms with E-state index < -0.39 is 0 Å². The van der Waals surface area contributed by atoms with Crippen LogP contribution in [0, 0.1) is 0 Å². The van der Waals surface area contributed by atoms with Crippen LogP contribution < -0.4 is 10.2 Å². The number of rotatable bonds is 6. The molecule has 0 saturated carbocycles. The lowest BCUT2D eigenvalue weighted by atomic mass is 10.2. The van der Waals surface area contributed by atoms with Gasteiger partial charge in [0.25, 0.3) is 5.91 Å². The summed E-state index contributed by atoms with van der Waals surface area (Å²) in [6.07, 6.45) is 1.83. The fraction of sp³-hybridized carbons (Fsp3) is 0.250. The number of likely N-dealkylation sites (N-methyl/N-ethyl adjacent to an activating group) is 1. The Bertz CT molecular complexity index is 987. The summed E-state index contributed by atoms with van der Waals surface area (Å²) in [7, 11) is 2.14. The van der Waals surface area contributed by atoms with Crippen LogP contribution in [0.25, 0.3) is 0 Å². The zero-order valence-corrected chi connectivity index (χ0v) is 17.9. The Labute approximate surface area is 182 Å². The monoisotopic (exact) mass is 418 g/mol. The first-order valence-corrected chi connectivity index (χ1v) is 11.0. The molecule has 1 aliphatic heterocycles. The molecule has 0 aliphatic carbocycles. The highest BCUT2D eigenvalue weighted by Crippen LogP contribution is 2.30. The molecular formula is C24H26N4OS. The minimum absolute atomic E-state index is 0.0630. The second-order valence-electron chi connectivity index (χ2n) is 7.41. The molecule has 1 fully saturated rings. The van der Waals surface area contributed by atoms with Crippen molar-refractivity contribution in [1.29, 1.82) is 0 Å². The lowest BCUT2D eigenvalue weighted by molar-refractivity contribution is 0.0948. The Morgan fingerprint density at radius 3 is 2.53 bits per heavy atom. The molecule has 0 atom stereocenters. The van der Waals surface area contributed by atoms with Crippen LogP contribution in [-0.4, -0.2) is 49.0 Å². The van der Waals surface area contributed by atoms with Gasteiger partial charge in [-0.25, -0.2) is 4.98 Å². The van der Waals surface area contributed by atoms with Crippen molar-refractivity contribution in [3.63, 3.8) is 0 Å². The van der Waals surface area contributed by atoms with Gasteiger partial charge in [-0.3, -0.25) is 4.79 Å². The fourth-order valence-corrected chi connectivity index (χ4v) is 4.38. The van der Waals surface area contributed by atoms with E-state index in [0.717, 1.165) is 47.4 Å². The quantitative estimate of drug-likeness (QED) is 0.658. The predicted octanol–water partition coefficient (Wildman–Crippen LogP) is 3.91. The molecule has 3 aromatic rings. The van der Waals surface area contributed by atoms with Gasteiger partial charge in [0.2, 0.25) is 0 Å². The Morgan fingerprint density at radius 1 is 1.00 bits per heavy atom. The summed E-state index contributed by atoms with van der Waals surface area (Å²) in [5.74, 6) is 0.918. The lowest BCUT2D eigenvalue weighted by Crippen LogP contribution is -2.44.